The molecule has 37 heavy (non-hydrogen) atoms. The molecule has 180 valence electrons. The van der Waals surface area contributed by atoms with Crippen LogP contribution in [0.15, 0.2) is 142 Å². The molecule has 5 aromatic rings. The van der Waals surface area contributed by atoms with Gasteiger partial charge in [0.25, 0.3) is 0 Å². The summed E-state index contributed by atoms with van der Waals surface area (Å²) in [5.74, 6) is 0. The van der Waals surface area contributed by atoms with Gasteiger partial charge in [0, 0.05) is 22.3 Å². The van der Waals surface area contributed by atoms with Gasteiger partial charge in [0.05, 0.1) is 0 Å². The minimum absolute atomic E-state index is 0.802. The van der Waals surface area contributed by atoms with Gasteiger partial charge in [0.2, 0.25) is 4.21 Å². The molecule has 0 fully saturated rings. The van der Waals surface area contributed by atoms with E-state index >= 15 is 0 Å². The zero-order valence-corrected chi connectivity index (χ0v) is 22.0. The summed E-state index contributed by atoms with van der Waals surface area (Å²) in [5, 5.41) is 4.03. The Bertz CT molecular complexity index is 1560. The summed E-state index contributed by atoms with van der Waals surface area (Å²) < 4.78 is 14.8. The molecule has 1 unspecified atom stereocenters. The van der Waals surface area contributed by atoms with Gasteiger partial charge in [-0.3, -0.25) is 0 Å². The van der Waals surface area contributed by atoms with Crippen LogP contribution in [-0.4, -0.2) is 4.55 Å². The maximum Gasteiger partial charge on any atom is 0.219 e. The van der Waals surface area contributed by atoms with Gasteiger partial charge in [-0.25, -0.2) is 0 Å². The summed E-state index contributed by atoms with van der Waals surface area (Å²) in [7, 11) is 0. The van der Waals surface area contributed by atoms with Crippen LogP contribution in [0.1, 0.15) is 22.3 Å². The zero-order valence-electron chi connectivity index (χ0n) is 20.3. The van der Waals surface area contributed by atoms with Crippen molar-refractivity contribution in [2.45, 2.75) is 17.1 Å². The molecular formula is C34H26OS2. The largest absolute Gasteiger partial charge is 0.606 e. The van der Waals surface area contributed by atoms with Crippen LogP contribution >= 0.6 is 11.3 Å². The van der Waals surface area contributed by atoms with E-state index in [9.17, 15) is 4.55 Å². The van der Waals surface area contributed by atoms with Crippen molar-refractivity contribution in [1.29, 1.82) is 0 Å². The highest BCUT2D eigenvalue weighted by atomic mass is 32.2. The minimum atomic E-state index is -1.28. The fourth-order valence-electron chi connectivity index (χ4n) is 5.05. The molecule has 0 amide bonds. The Balaban J connectivity index is 1.47. The maximum atomic E-state index is 14.0. The first-order valence-electron chi connectivity index (χ1n) is 12.4. The van der Waals surface area contributed by atoms with Crippen molar-refractivity contribution >= 4 is 33.7 Å². The van der Waals surface area contributed by atoms with Gasteiger partial charge in [0.15, 0.2) is 0 Å². The second-order valence-corrected chi connectivity index (χ2v) is 11.6. The highest BCUT2D eigenvalue weighted by Crippen LogP contribution is 2.45. The van der Waals surface area contributed by atoms with Crippen LogP contribution in [0.2, 0.25) is 0 Å². The van der Waals surface area contributed by atoms with E-state index in [2.05, 4.69) is 103 Å². The Morgan fingerprint density at radius 1 is 0.568 bits per heavy atom. The first-order valence-corrected chi connectivity index (χ1v) is 14.5. The van der Waals surface area contributed by atoms with Crippen molar-refractivity contribution in [1.82, 2.24) is 0 Å². The smallest absolute Gasteiger partial charge is 0.219 e. The molecule has 0 bridgehead atoms. The third-order valence-corrected chi connectivity index (χ3v) is 9.32. The second-order valence-electron chi connectivity index (χ2n) is 9.14. The number of hydrogen-bond donors (Lipinski definition) is 0. The molecule has 1 atom stereocenters. The van der Waals surface area contributed by atoms with Gasteiger partial charge in [-0.1, -0.05) is 127 Å². The van der Waals surface area contributed by atoms with Crippen molar-refractivity contribution < 1.29 is 4.55 Å². The predicted molar refractivity (Wildman–Crippen MR) is 158 cm³/mol. The summed E-state index contributed by atoms with van der Waals surface area (Å²) in [6, 6.07) is 42.1. The molecule has 1 aliphatic rings. The normalized spacial score (nSPS) is 14.7. The van der Waals surface area contributed by atoms with Gasteiger partial charge in [-0.2, -0.15) is 0 Å². The fourth-order valence-corrected chi connectivity index (χ4v) is 7.37. The molecule has 1 aliphatic carbocycles. The fraction of sp³-hybridized carbons (Fsp3) is 0.0588. The van der Waals surface area contributed by atoms with E-state index in [1.807, 2.05) is 29.0 Å². The molecule has 1 nitrogen and oxygen atoms in total. The molecule has 3 heteroatoms. The summed E-state index contributed by atoms with van der Waals surface area (Å²) in [4.78, 5) is 0. The quantitative estimate of drug-likeness (QED) is 0.199. The van der Waals surface area contributed by atoms with E-state index < -0.39 is 11.2 Å². The summed E-state index contributed by atoms with van der Waals surface area (Å²) in [5.41, 5.74) is 10.8. The summed E-state index contributed by atoms with van der Waals surface area (Å²) >= 11 is 0.286. The Morgan fingerprint density at radius 2 is 1.11 bits per heavy atom. The van der Waals surface area contributed by atoms with Gasteiger partial charge in [-0.15, -0.1) is 0 Å². The van der Waals surface area contributed by atoms with E-state index in [-0.39, 0.29) is 0 Å². The third-order valence-electron chi connectivity index (χ3n) is 6.80. The number of rotatable bonds is 7. The first kappa shape index (κ1) is 23.7. The molecule has 0 saturated carbocycles. The summed E-state index contributed by atoms with van der Waals surface area (Å²) in [6.45, 7) is 0. The number of fused-ring (bicyclic) bond motifs is 1. The molecule has 6 rings (SSSR count). The van der Waals surface area contributed by atoms with Crippen LogP contribution in [0.5, 0.6) is 0 Å². The van der Waals surface area contributed by atoms with Crippen LogP contribution < -0.4 is 0 Å². The van der Waals surface area contributed by atoms with Crippen molar-refractivity contribution in [3.63, 3.8) is 0 Å². The van der Waals surface area contributed by atoms with E-state index in [0.717, 1.165) is 33.8 Å². The minimum Gasteiger partial charge on any atom is -0.606 e. The Hall–Kier alpha value is -3.63. The van der Waals surface area contributed by atoms with Crippen LogP contribution in [0.4, 0.5) is 0 Å². The number of thiophene rings is 1. The van der Waals surface area contributed by atoms with Gasteiger partial charge in [0.1, 0.15) is 5.41 Å². The molecule has 1 aromatic heterocycles. The zero-order chi connectivity index (χ0) is 25.0. The molecular weight excluding hydrogens is 489 g/mol. The predicted octanol–water partition coefficient (Wildman–Crippen LogP) is 8.82. The van der Waals surface area contributed by atoms with Crippen molar-refractivity contribution in [3.8, 4) is 11.1 Å². The van der Waals surface area contributed by atoms with E-state index in [1.54, 1.807) is 11.3 Å². The molecule has 4 aromatic carbocycles. The van der Waals surface area contributed by atoms with Crippen LogP contribution in [0, 0.1) is 0 Å². The lowest BCUT2D eigenvalue weighted by atomic mass is 9.94. The molecule has 0 aliphatic heterocycles. The van der Waals surface area contributed by atoms with Crippen molar-refractivity contribution in [2.24, 2.45) is 0 Å². The van der Waals surface area contributed by atoms with Gasteiger partial charge < -0.3 is 4.55 Å². The maximum absolute atomic E-state index is 14.0. The Morgan fingerprint density at radius 3 is 1.76 bits per heavy atom. The molecule has 1 heterocycles. The lowest BCUT2D eigenvalue weighted by Crippen LogP contribution is -2.00. The van der Waals surface area contributed by atoms with Crippen LogP contribution in [0.3, 0.4) is 0 Å². The van der Waals surface area contributed by atoms with Gasteiger partial charge >= 0.3 is 0 Å². The first-order chi connectivity index (χ1) is 18.3. The van der Waals surface area contributed by atoms with Crippen LogP contribution in [0.25, 0.3) is 22.3 Å². The molecule has 0 spiro atoms. The number of allylic oxidation sites excluding steroid dienone is 3. The summed E-state index contributed by atoms with van der Waals surface area (Å²) in [6.07, 6.45) is 1.65. The average Bonchev–Trinajstić information content (AvgIpc) is 3.55. The van der Waals surface area contributed by atoms with Crippen molar-refractivity contribution in [2.75, 3.05) is 0 Å². The topological polar surface area (TPSA) is 23.1 Å². The lowest BCUT2D eigenvalue weighted by molar-refractivity contribution is 0.606. The highest BCUT2D eigenvalue weighted by Gasteiger charge is 2.29. The molecule has 0 saturated heterocycles. The second kappa shape index (κ2) is 10.8. The van der Waals surface area contributed by atoms with E-state index in [1.165, 1.54) is 33.4 Å². The third kappa shape index (κ3) is 4.99. The lowest BCUT2D eigenvalue weighted by Gasteiger charge is -2.12. The Kier molecular flexibility index (Phi) is 6.92. The highest BCUT2D eigenvalue weighted by molar-refractivity contribution is 7.96. The van der Waals surface area contributed by atoms with E-state index in [4.69, 9.17) is 0 Å². The monoisotopic (exact) mass is 514 g/mol. The standard InChI is InChI=1S/C34H26OS2/c35-37(34-28(20-21-36-34)27-16-8-3-9-17-27)24-33-30-19-11-10-18-29(30)31(22-25-12-4-1-5-13-25)32(33)23-26-14-6-2-7-15-26/h1-21,24H,22-23H2. The van der Waals surface area contributed by atoms with Crippen molar-refractivity contribution in [3.05, 3.63) is 160 Å². The number of hydrogen-bond acceptors (Lipinski definition) is 2. The van der Waals surface area contributed by atoms with Gasteiger partial charge in [-0.05, 0) is 63.3 Å². The Labute approximate surface area is 225 Å². The van der Waals surface area contributed by atoms with Crippen LogP contribution in [-0.2, 0) is 24.0 Å². The molecule has 0 radical (unpaired) electrons. The number of benzene rings is 4. The average molecular weight is 515 g/mol. The SMILES string of the molecule is [O-][S+](C=C1C(Cc2ccccc2)=C(Cc2ccccc2)c2ccccc21)c1sccc1-c1ccccc1. The van der Waals surface area contributed by atoms with E-state index in [0.29, 0.717) is 0 Å². The molecule has 0 N–H and O–H groups in total.